The average molecular weight is 427 g/mol. The Morgan fingerprint density at radius 3 is 2.37 bits per heavy atom. The largest absolute Gasteiger partial charge is 0.497 e. The van der Waals surface area contributed by atoms with Crippen molar-refractivity contribution < 1.29 is 14.3 Å². The van der Waals surface area contributed by atoms with Gasteiger partial charge < -0.3 is 14.5 Å². The molecule has 2 aromatic rings. The monoisotopic (exact) mass is 426 g/mol. The van der Waals surface area contributed by atoms with Crippen LogP contribution in [-0.2, 0) is 4.79 Å². The second kappa shape index (κ2) is 9.81. The van der Waals surface area contributed by atoms with E-state index in [9.17, 15) is 9.59 Å². The predicted octanol–water partition coefficient (Wildman–Crippen LogP) is 4.86. The highest BCUT2D eigenvalue weighted by molar-refractivity contribution is 6.30. The number of benzene rings is 2. The number of halogens is 1. The van der Waals surface area contributed by atoms with Crippen LogP contribution in [0.15, 0.2) is 54.2 Å². The zero-order valence-electron chi connectivity index (χ0n) is 17.7. The molecule has 5 nitrogen and oxygen atoms in total. The summed E-state index contributed by atoms with van der Waals surface area (Å²) in [6.45, 7) is 3.46. The number of amides is 2. The summed E-state index contributed by atoms with van der Waals surface area (Å²) in [5.74, 6) is 0.633. The predicted molar refractivity (Wildman–Crippen MR) is 120 cm³/mol. The molecule has 2 amide bonds. The molecule has 0 spiro atoms. The fourth-order valence-corrected chi connectivity index (χ4v) is 3.75. The number of methoxy groups -OCH3 is 1. The van der Waals surface area contributed by atoms with E-state index in [-0.39, 0.29) is 18.2 Å². The molecule has 1 aliphatic heterocycles. The summed E-state index contributed by atoms with van der Waals surface area (Å²) in [5, 5.41) is 0.578. The zero-order chi connectivity index (χ0) is 21.7. The van der Waals surface area contributed by atoms with Gasteiger partial charge in [0.2, 0.25) is 5.91 Å². The Labute approximate surface area is 182 Å². The molecule has 30 heavy (non-hydrogen) atoms. The third-order valence-electron chi connectivity index (χ3n) is 5.54. The SMILES string of the molecule is COc1cccc(/C(CC(=O)N2CCCC2)=C(/C)N(C)C(=O)c2ccc(Cl)cc2)c1. The molecule has 0 atom stereocenters. The molecule has 0 unspecified atom stereocenters. The molecule has 6 heteroatoms. The summed E-state index contributed by atoms with van der Waals surface area (Å²) < 4.78 is 5.37. The minimum atomic E-state index is -0.154. The van der Waals surface area contributed by atoms with Gasteiger partial charge in [0, 0.05) is 36.4 Å². The van der Waals surface area contributed by atoms with Crippen molar-refractivity contribution in [3.8, 4) is 5.75 Å². The summed E-state index contributed by atoms with van der Waals surface area (Å²) in [6, 6.07) is 14.4. The number of carbonyl (C=O) groups is 2. The maximum absolute atomic E-state index is 13.0. The minimum absolute atomic E-state index is 0.0806. The Balaban J connectivity index is 1.96. The third kappa shape index (κ3) is 5.03. The molecule has 0 aromatic heterocycles. The fraction of sp³-hybridized carbons (Fsp3) is 0.333. The van der Waals surface area contributed by atoms with Crippen molar-refractivity contribution in [2.75, 3.05) is 27.2 Å². The molecule has 0 aliphatic carbocycles. The molecular weight excluding hydrogens is 400 g/mol. The topological polar surface area (TPSA) is 49.9 Å². The molecule has 158 valence electrons. The van der Waals surface area contributed by atoms with Crippen LogP contribution in [0.3, 0.4) is 0 Å². The maximum atomic E-state index is 13.0. The van der Waals surface area contributed by atoms with Crippen LogP contribution in [0, 0.1) is 0 Å². The summed E-state index contributed by atoms with van der Waals surface area (Å²) >= 11 is 5.95. The Kier molecular flexibility index (Phi) is 7.16. The van der Waals surface area contributed by atoms with Crippen LogP contribution >= 0.6 is 11.6 Å². The molecule has 3 rings (SSSR count). The van der Waals surface area contributed by atoms with E-state index in [1.165, 1.54) is 0 Å². The number of likely N-dealkylation sites (tertiary alicyclic amines) is 1. The third-order valence-corrected chi connectivity index (χ3v) is 5.79. The molecule has 1 saturated heterocycles. The van der Waals surface area contributed by atoms with Gasteiger partial charge in [-0.05, 0) is 67.3 Å². The van der Waals surface area contributed by atoms with E-state index in [2.05, 4.69) is 0 Å². The van der Waals surface area contributed by atoms with E-state index in [1.807, 2.05) is 36.1 Å². The Hall–Kier alpha value is -2.79. The molecule has 1 aliphatic rings. The zero-order valence-corrected chi connectivity index (χ0v) is 18.4. The van der Waals surface area contributed by atoms with E-state index in [0.29, 0.717) is 16.3 Å². The summed E-state index contributed by atoms with van der Waals surface area (Å²) in [6.07, 6.45) is 2.31. The number of rotatable bonds is 6. The lowest BCUT2D eigenvalue weighted by molar-refractivity contribution is -0.129. The quantitative estimate of drug-likeness (QED) is 0.662. The van der Waals surface area contributed by atoms with Gasteiger partial charge in [-0.3, -0.25) is 9.59 Å². The van der Waals surface area contributed by atoms with E-state index in [0.717, 1.165) is 42.8 Å². The molecular formula is C24H27ClN2O3. The van der Waals surface area contributed by atoms with Gasteiger partial charge in [0.1, 0.15) is 5.75 Å². The fourth-order valence-electron chi connectivity index (χ4n) is 3.62. The number of allylic oxidation sites excluding steroid dienone is 1. The average Bonchev–Trinajstić information content (AvgIpc) is 3.31. The first-order chi connectivity index (χ1) is 14.4. The molecule has 0 N–H and O–H groups in total. The van der Waals surface area contributed by atoms with Gasteiger partial charge >= 0.3 is 0 Å². The summed E-state index contributed by atoms with van der Waals surface area (Å²) in [7, 11) is 3.34. The van der Waals surface area contributed by atoms with E-state index in [1.54, 1.807) is 43.3 Å². The number of carbonyl (C=O) groups excluding carboxylic acids is 2. The van der Waals surface area contributed by atoms with E-state index >= 15 is 0 Å². The molecule has 0 saturated carbocycles. The molecule has 0 radical (unpaired) electrons. The second-order valence-electron chi connectivity index (χ2n) is 7.43. The summed E-state index contributed by atoms with van der Waals surface area (Å²) in [4.78, 5) is 29.4. The van der Waals surface area contributed by atoms with Crippen LogP contribution in [0.2, 0.25) is 5.02 Å². The number of nitrogens with zero attached hydrogens (tertiary/aromatic N) is 2. The van der Waals surface area contributed by atoms with Crippen molar-refractivity contribution in [3.05, 3.63) is 70.4 Å². The highest BCUT2D eigenvalue weighted by Gasteiger charge is 2.23. The van der Waals surface area contributed by atoms with Crippen LogP contribution in [0.25, 0.3) is 5.57 Å². The minimum Gasteiger partial charge on any atom is -0.497 e. The first kappa shape index (κ1) is 21.9. The van der Waals surface area contributed by atoms with Crippen molar-refractivity contribution in [2.24, 2.45) is 0 Å². The second-order valence-corrected chi connectivity index (χ2v) is 7.87. The van der Waals surface area contributed by atoms with Gasteiger partial charge in [-0.2, -0.15) is 0 Å². The van der Waals surface area contributed by atoms with Crippen molar-refractivity contribution in [1.29, 1.82) is 0 Å². The first-order valence-corrected chi connectivity index (χ1v) is 10.4. The normalized spacial score (nSPS) is 14.3. The highest BCUT2D eigenvalue weighted by Crippen LogP contribution is 2.29. The first-order valence-electron chi connectivity index (χ1n) is 10.1. The van der Waals surface area contributed by atoms with Crippen LogP contribution in [0.1, 0.15) is 42.1 Å². The maximum Gasteiger partial charge on any atom is 0.257 e. The van der Waals surface area contributed by atoms with E-state index in [4.69, 9.17) is 16.3 Å². The van der Waals surface area contributed by atoms with Gasteiger partial charge in [0.25, 0.3) is 5.91 Å². The van der Waals surface area contributed by atoms with Crippen LogP contribution < -0.4 is 4.74 Å². The lowest BCUT2D eigenvalue weighted by atomic mass is 9.99. The van der Waals surface area contributed by atoms with Gasteiger partial charge in [0.15, 0.2) is 0 Å². The molecule has 1 fully saturated rings. The lowest BCUT2D eigenvalue weighted by Gasteiger charge is -2.24. The van der Waals surface area contributed by atoms with Crippen LogP contribution in [-0.4, -0.2) is 48.9 Å². The van der Waals surface area contributed by atoms with Gasteiger partial charge in [0.05, 0.1) is 13.5 Å². The molecule has 2 aromatic carbocycles. The lowest BCUT2D eigenvalue weighted by Crippen LogP contribution is -2.29. The van der Waals surface area contributed by atoms with Gasteiger partial charge in [-0.1, -0.05) is 23.7 Å². The van der Waals surface area contributed by atoms with Crippen LogP contribution in [0.4, 0.5) is 0 Å². The van der Waals surface area contributed by atoms with Gasteiger partial charge in [-0.25, -0.2) is 0 Å². The summed E-state index contributed by atoms with van der Waals surface area (Å²) in [5.41, 5.74) is 2.96. The standard InChI is InChI=1S/C24H27ClN2O3/c1-17(26(2)24(29)18-9-11-20(25)12-10-18)22(16-23(28)27-13-4-5-14-27)19-7-6-8-21(15-19)30-3/h6-12,15H,4-5,13-14,16H2,1-3H3/b22-17-. The highest BCUT2D eigenvalue weighted by atomic mass is 35.5. The molecule has 0 bridgehead atoms. The molecule has 1 heterocycles. The van der Waals surface area contributed by atoms with Crippen molar-refractivity contribution in [3.63, 3.8) is 0 Å². The van der Waals surface area contributed by atoms with Crippen molar-refractivity contribution in [2.45, 2.75) is 26.2 Å². The van der Waals surface area contributed by atoms with Crippen molar-refractivity contribution in [1.82, 2.24) is 9.80 Å². The van der Waals surface area contributed by atoms with Crippen molar-refractivity contribution >= 4 is 29.0 Å². The number of hydrogen-bond acceptors (Lipinski definition) is 3. The Morgan fingerprint density at radius 2 is 1.73 bits per heavy atom. The Morgan fingerprint density at radius 1 is 1.07 bits per heavy atom. The van der Waals surface area contributed by atoms with E-state index < -0.39 is 0 Å². The number of ether oxygens (including phenoxy) is 1. The number of hydrogen-bond donors (Lipinski definition) is 0. The van der Waals surface area contributed by atoms with Gasteiger partial charge in [-0.15, -0.1) is 0 Å². The van der Waals surface area contributed by atoms with Crippen LogP contribution in [0.5, 0.6) is 5.75 Å². The Bertz CT molecular complexity index is 947. The smallest absolute Gasteiger partial charge is 0.257 e.